The molecule has 3 aromatic rings. The van der Waals surface area contributed by atoms with Gasteiger partial charge in [0.25, 0.3) is 11.8 Å². The maximum atomic E-state index is 12.1. The quantitative estimate of drug-likeness (QED) is 0.250. The van der Waals surface area contributed by atoms with Gasteiger partial charge >= 0.3 is 0 Å². The molecule has 0 radical (unpaired) electrons. The zero-order valence-electron chi connectivity index (χ0n) is 15.2. The number of phenolic OH excluding ortho intramolecular Hbond substituents is 3. The molecule has 0 aliphatic carbocycles. The smallest absolute Gasteiger partial charge is 0.271 e. The third-order valence-corrected chi connectivity index (χ3v) is 4.83. The van der Waals surface area contributed by atoms with Gasteiger partial charge in [0, 0.05) is 11.3 Å². The van der Waals surface area contributed by atoms with Gasteiger partial charge in [0.2, 0.25) is 0 Å². The lowest BCUT2D eigenvalue weighted by molar-refractivity contribution is 0.0953. The highest BCUT2D eigenvalue weighted by Gasteiger charge is 2.13. The van der Waals surface area contributed by atoms with E-state index in [2.05, 4.69) is 15.8 Å². The summed E-state index contributed by atoms with van der Waals surface area (Å²) in [5.74, 6) is -2.79. The number of anilines is 1. The average molecular weight is 411 g/mol. The summed E-state index contributed by atoms with van der Waals surface area (Å²) in [6.07, 6.45) is 0. The summed E-state index contributed by atoms with van der Waals surface area (Å²) in [6.45, 7) is 1.69. The molecular weight excluding hydrogens is 394 g/mol. The fourth-order valence-corrected chi connectivity index (χ4v) is 3.01. The predicted octanol–water partition coefficient (Wildman–Crippen LogP) is 3.27. The van der Waals surface area contributed by atoms with Crippen molar-refractivity contribution in [2.75, 3.05) is 5.32 Å². The SMILES string of the molecule is CC(=NNC(=O)c1cc(O)c(O)c(O)c1)c1ccc(NC(=O)c2cccs2)cc1. The molecule has 8 nitrogen and oxygen atoms in total. The van der Waals surface area contributed by atoms with Crippen LogP contribution in [0, 0.1) is 0 Å². The number of amides is 2. The summed E-state index contributed by atoms with van der Waals surface area (Å²) in [5.41, 5.74) is 4.09. The summed E-state index contributed by atoms with van der Waals surface area (Å²) >= 11 is 1.35. The molecule has 3 rings (SSSR count). The minimum atomic E-state index is -0.701. The molecule has 1 heterocycles. The number of thiophene rings is 1. The van der Waals surface area contributed by atoms with Crippen molar-refractivity contribution in [2.24, 2.45) is 5.10 Å². The molecular formula is C20H17N3O5S. The van der Waals surface area contributed by atoms with Crippen LogP contribution in [0.1, 0.15) is 32.5 Å². The monoisotopic (exact) mass is 411 g/mol. The van der Waals surface area contributed by atoms with Gasteiger partial charge in [0.05, 0.1) is 10.6 Å². The van der Waals surface area contributed by atoms with E-state index in [9.17, 15) is 24.9 Å². The molecule has 0 saturated heterocycles. The van der Waals surface area contributed by atoms with Crippen LogP contribution < -0.4 is 10.7 Å². The first kappa shape index (κ1) is 19.9. The standard InChI is InChI=1S/C20H17N3O5S/c1-11(22-23-19(27)13-9-15(24)18(26)16(25)10-13)12-4-6-14(7-5-12)21-20(28)17-3-2-8-29-17/h2-10,24-26H,1H3,(H,21,28)(H,23,27). The number of aromatic hydroxyl groups is 3. The zero-order valence-corrected chi connectivity index (χ0v) is 16.0. The van der Waals surface area contributed by atoms with E-state index in [0.29, 0.717) is 16.3 Å². The first-order chi connectivity index (χ1) is 13.8. The molecule has 9 heteroatoms. The minimum Gasteiger partial charge on any atom is -0.504 e. The lowest BCUT2D eigenvalue weighted by Gasteiger charge is -2.07. The Morgan fingerprint density at radius 2 is 1.59 bits per heavy atom. The van der Waals surface area contributed by atoms with Crippen molar-refractivity contribution in [1.29, 1.82) is 0 Å². The van der Waals surface area contributed by atoms with Crippen LogP contribution in [0.4, 0.5) is 5.69 Å². The van der Waals surface area contributed by atoms with Gasteiger partial charge in [0.1, 0.15) is 0 Å². The summed E-state index contributed by atoms with van der Waals surface area (Å²) < 4.78 is 0. The molecule has 0 unspecified atom stereocenters. The van der Waals surface area contributed by atoms with Gasteiger partial charge in [-0.15, -0.1) is 11.3 Å². The Morgan fingerprint density at radius 3 is 2.17 bits per heavy atom. The molecule has 0 atom stereocenters. The molecule has 29 heavy (non-hydrogen) atoms. The molecule has 0 aliphatic rings. The van der Waals surface area contributed by atoms with Crippen molar-refractivity contribution >= 4 is 34.6 Å². The van der Waals surface area contributed by atoms with E-state index in [4.69, 9.17) is 0 Å². The fourth-order valence-electron chi connectivity index (χ4n) is 2.39. The molecule has 0 saturated carbocycles. The van der Waals surface area contributed by atoms with Crippen molar-refractivity contribution < 1.29 is 24.9 Å². The number of nitrogens with one attached hydrogen (secondary N) is 2. The lowest BCUT2D eigenvalue weighted by Crippen LogP contribution is -2.19. The molecule has 5 N–H and O–H groups in total. The van der Waals surface area contributed by atoms with Crippen molar-refractivity contribution in [1.82, 2.24) is 5.43 Å². The van der Waals surface area contributed by atoms with Crippen LogP contribution in [0.2, 0.25) is 0 Å². The highest BCUT2D eigenvalue weighted by atomic mass is 32.1. The van der Waals surface area contributed by atoms with Crippen LogP contribution >= 0.6 is 11.3 Å². The topological polar surface area (TPSA) is 131 Å². The molecule has 0 spiro atoms. The van der Waals surface area contributed by atoms with E-state index in [-0.39, 0.29) is 11.5 Å². The zero-order chi connectivity index (χ0) is 21.0. The number of hydrogen-bond acceptors (Lipinski definition) is 7. The number of hydrazone groups is 1. The molecule has 2 aromatic carbocycles. The third-order valence-electron chi connectivity index (χ3n) is 3.96. The van der Waals surface area contributed by atoms with Crippen LogP contribution in [0.25, 0.3) is 0 Å². The summed E-state index contributed by atoms with van der Waals surface area (Å²) in [6, 6.07) is 12.5. The van der Waals surface area contributed by atoms with Crippen LogP contribution in [0.15, 0.2) is 59.0 Å². The van der Waals surface area contributed by atoms with Crippen LogP contribution in [0.5, 0.6) is 17.2 Å². The number of phenols is 3. The normalized spacial score (nSPS) is 11.1. The van der Waals surface area contributed by atoms with E-state index in [1.807, 2.05) is 5.38 Å². The average Bonchev–Trinajstić information content (AvgIpc) is 3.25. The Balaban J connectivity index is 1.65. The summed E-state index contributed by atoms with van der Waals surface area (Å²) in [4.78, 5) is 24.8. The van der Waals surface area contributed by atoms with Crippen molar-refractivity contribution in [3.05, 3.63) is 69.9 Å². The third kappa shape index (κ3) is 4.71. The first-order valence-corrected chi connectivity index (χ1v) is 9.28. The van der Waals surface area contributed by atoms with Gasteiger partial charge in [0.15, 0.2) is 17.2 Å². The second-order valence-electron chi connectivity index (χ2n) is 6.01. The largest absolute Gasteiger partial charge is 0.504 e. The predicted molar refractivity (Wildman–Crippen MR) is 110 cm³/mol. The molecule has 0 aliphatic heterocycles. The molecule has 2 amide bonds. The number of rotatable bonds is 5. The Labute approximate surface area is 169 Å². The Hall–Kier alpha value is -3.85. The molecule has 148 valence electrons. The van der Waals surface area contributed by atoms with E-state index >= 15 is 0 Å². The van der Waals surface area contributed by atoms with Gasteiger partial charge in [-0.05, 0) is 48.2 Å². The maximum Gasteiger partial charge on any atom is 0.271 e. The lowest BCUT2D eigenvalue weighted by atomic mass is 10.1. The maximum absolute atomic E-state index is 12.1. The second kappa shape index (κ2) is 8.44. The number of hydrogen-bond donors (Lipinski definition) is 5. The van der Waals surface area contributed by atoms with Gasteiger partial charge in [-0.1, -0.05) is 18.2 Å². The Morgan fingerprint density at radius 1 is 0.931 bits per heavy atom. The van der Waals surface area contributed by atoms with E-state index < -0.39 is 23.2 Å². The number of nitrogens with zero attached hydrogens (tertiary/aromatic N) is 1. The number of carbonyl (C=O) groups excluding carboxylic acids is 2. The molecule has 0 fully saturated rings. The van der Waals surface area contributed by atoms with E-state index in [1.165, 1.54) is 11.3 Å². The van der Waals surface area contributed by atoms with Crippen molar-refractivity contribution in [3.63, 3.8) is 0 Å². The summed E-state index contributed by atoms with van der Waals surface area (Å²) in [5, 5.41) is 36.9. The van der Waals surface area contributed by atoms with Crippen LogP contribution in [-0.2, 0) is 0 Å². The van der Waals surface area contributed by atoms with Crippen LogP contribution in [-0.4, -0.2) is 32.8 Å². The number of benzene rings is 2. The van der Waals surface area contributed by atoms with E-state index in [1.54, 1.807) is 43.3 Å². The second-order valence-corrected chi connectivity index (χ2v) is 6.96. The van der Waals surface area contributed by atoms with Gasteiger partial charge in [-0.3, -0.25) is 9.59 Å². The van der Waals surface area contributed by atoms with Gasteiger partial charge in [-0.2, -0.15) is 5.10 Å². The highest BCUT2D eigenvalue weighted by molar-refractivity contribution is 7.12. The van der Waals surface area contributed by atoms with Crippen LogP contribution in [0.3, 0.4) is 0 Å². The Bertz CT molecular complexity index is 1050. The summed E-state index contributed by atoms with van der Waals surface area (Å²) in [7, 11) is 0. The first-order valence-electron chi connectivity index (χ1n) is 8.40. The minimum absolute atomic E-state index is 0.0685. The Kier molecular flexibility index (Phi) is 5.79. The van der Waals surface area contributed by atoms with Gasteiger partial charge in [-0.25, -0.2) is 5.43 Å². The van der Waals surface area contributed by atoms with Gasteiger partial charge < -0.3 is 20.6 Å². The van der Waals surface area contributed by atoms with Crippen molar-refractivity contribution in [2.45, 2.75) is 6.92 Å². The molecule has 0 bridgehead atoms. The van der Waals surface area contributed by atoms with E-state index in [0.717, 1.165) is 17.7 Å². The van der Waals surface area contributed by atoms with Crippen molar-refractivity contribution in [3.8, 4) is 17.2 Å². The number of carbonyl (C=O) groups is 2. The fraction of sp³-hybridized carbons (Fsp3) is 0.0500. The highest BCUT2D eigenvalue weighted by Crippen LogP contribution is 2.35. The molecule has 1 aromatic heterocycles.